The molecule has 1 aromatic carbocycles. The van der Waals surface area contributed by atoms with Crippen LogP contribution in [0.2, 0.25) is 0 Å². The Kier molecular flexibility index (Phi) is 3.80. The van der Waals surface area contributed by atoms with E-state index in [1.54, 1.807) is 11.3 Å². The summed E-state index contributed by atoms with van der Waals surface area (Å²) in [5.74, 6) is 0.843. The lowest BCUT2D eigenvalue weighted by atomic mass is 9.87. The van der Waals surface area contributed by atoms with E-state index in [-0.39, 0.29) is 5.54 Å². The van der Waals surface area contributed by atoms with E-state index in [9.17, 15) is 0 Å². The number of rotatable bonds is 2. The van der Waals surface area contributed by atoms with Crippen molar-refractivity contribution in [2.24, 2.45) is 0 Å². The van der Waals surface area contributed by atoms with Crippen LogP contribution < -0.4 is 4.90 Å². The topological polar surface area (TPSA) is 29.0 Å². The summed E-state index contributed by atoms with van der Waals surface area (Å²) in [5, 5.41) is 1.28. The minimum Gasteiger partial charge on any atom is -0.333 e. The van der Waals surface area contributed by atoms with Gasteiger partial charge in [0, 0.05) is 22.5 Å². The van der Waals surface area contributed by atoms with Crippen LogP contribution in [0, 0.1) is 6.42 Å². The molecule has 1 aliphatic rings. The van der Waals surface area contributed by atoms with Crippen molar-refractivity contribution in [2.75, 3.05) is 4.90 Å². The van der Waals surface area contributed by atoms with Crippen LogP contribution >= 0.6 is 11.3 Å². The third-order valence-electron chi connectivity index (χ3n) is 4.78. The quantitative estimate of drug-likeness (QED) is 0.633. The highest BCUT2D eigenvalue weighted by Crippen LogP contribution is 2.36. The Labute approximate surface area is 147 Å². The maximum Gasteiger partial charge on any atom is 0.226 e. The van der Waals surface area contributed by atoms with Crippen molar-refractivity contribution in [3.05, 3.63) is 49.0 Å². The van der Waals surface area contributed by atoms with Crippen LogP contribution in [0.3, 0.4) is 0 Å². The summed E-state index contributed by atoms with van der Waals surface area (Å²) in [6.45, 7) is 6.80. The molecule has 1 atom stereocenters. The molecule has 1 aliphatic heterocycles. The average molecular weight is 336 g/mol. The highest BCUT2D eigenvalue weighted by atomic mass is 32.1. The molecule has 1 fully saturated rings. The number of thiophene rings is 1. The second-order valence-electron chi connectivity index (χ2n) is 7.15. The normalized spacial score (nSPS) is 20.5. The van der Waals surface area contributed by atoms with Crippen molar-refractivity contribution in [1.29, 1.82) is 0 Å². The van der Waals surface area contributed by atoms with Gasteiger partial charge in [-0.1, -0.05) is 18.2 Å². The number of piperidine rings is 1. The largest absolute Gasteiger partial charge is 0.333 e. The molecule has 1 saturated heterocycles. The summed E-state index contributed by atoms with van der Waals surface area (Å²) >= 11 is 1.79. The summed E-state index contributed by atoms with van der Waals surface area (Å²) in [4.78, 5) is 13.1. The highest BCUT2D eigenvalue weighted by Gasteiger charge is 2.36. The smallest absolute Gasteiger partial charge is 0.226 e. The zero-order valence-electron chi connectivity index (χ0n) is 14.4. The number of hydrogen-bond acceptors (Lipinski definition) is 4. The third kappa shape index (κ3) is 2.69. The van der Waals surface area contributed by atoms with E-state index in [0.717, 1.165) is 24.5 Å². The molecule has 123 valence electrons. The summed E-state index contributed by atoms with van der Waals surface area (Å²) in [7, 11) is 0. The SMILES string of the molecule is CC1C[CH]CC(C)(C)N1c1nccc(-c2cc3ccccc3s2)n1. The monoisotopic (exact) mass is 336 g/mol. The number of fused-ring (bicyclic) bond motifs is 1. The zero-order chi connectivity index (χ0) is 16.7. The van der Waals surface area contributed by atoms with Gasteiger partial charge in [0.2, 0.25) is 5.95 Å². The standard InChI is InChI=1S/C20H22N3S/c1-14-7-6-11-20(2,3)23(14)19-21-12-10-16(22-19)18-13-15-8-4-5-9-17(15)24-18/h4-6,8-10,12-14H,7,11H2,1-3H3. The molecule has 3 heterocycles. The molecule has 0 saturated carbocycles. The number of benzene rings is 1. The second kappa shape index (κ2) is 5.85. The maximum atomic E-state index is 4.92. The minimum absolute atomic E-state index is 0.0520. The molecule has 4 rings (SSSR count). The zero-order valence-corrected chi connectivity index (χ0v) is 15.2. The predicted molar refractivity (Wildman–Crippen MR) is 102 cm³/mol. The van der Waals surface area contributed by atoms with Crippen molar-refractivity contribution < 1.29 is 0 Å². The van der Waals surface area contributed by atoms with Crippen molar-refractivity contribution in [2.45, 2.75) is 45.2 Å². The Hall–Kier alpha value is -1.94. The fraction of sp³-hybridized carbons (Fsp3) is 0.350. The highest BCUT2D eigenvalue weighted by molar-refractivity contribution is 7.22. The first-order valence-electron chi connectivity index (χ1n) is 8.48. The van der Waals surface area contributed by atoms with Gasteiger partial charge in [-0.25, -0.2) is 9.97 Å². The predicted octanol–water partition coefficient (Wildman–Crippen LogP) is 5.33. The van der Waals surface area contributed by atoms with Gasteiger partial charge in [-0.3, -0.25) is 0 Å². The van der Waals surface area contributed by atoms with Gasteiger partial charge in [0.05, 0.1) is 10.6 Å². The molecule has 0 bridgehead atoms. The molecule has 1 unspecified atom stereocenters. The van der Waals surface area contributed by atoms with Gasteiger partial charge < -0.3 is 4.90 Å². The van der Waals surface area contributed by atoms with Gasteiger partial charge in [-0.2, -0.15) is 0 Å². The molecular weight excluding hydrogens is 314 g/mol. The summed E-state index contributed by atoms with van der Waals surface area (Å²) < 4.78 is 1.30. The van der Waals surface area contributed by atoms with Crippen LogP contribution in [0.5, 0.6) is 0 Å². The molecule has 1 radical (unpaired) electrons. The first kappa shape index (κ1) is 15.6. The Morgan fingerprint density at radius 2 is 2.04 bits per heavy atom. The van der Waals surface area contributed by atoms with E-state index < -0.39 is 0 Å². The average Bonchev–Trinajstić information content (AvgIpc) is 2.98. The Morgan fingerprint density at radius 3 is 2.83 bits per heavy atom. The first-order valence-corrected chi connectivity index (χ1v) is 9.29. The molecule has 0 aliphatic carbocycles. The summed E-state index contributed by atoms with van der Waals surface area (Å²) in [6.07, 6.45) is 6.42. The van der Waals surface area contributed by atoms with Crippen LogP contribution in [0.15, 0.2) is 42.6 Å². The lowest BCUT2D eigenvalue weighted by molar-refractivity contribution is 0.357. The molecule has 0 spiro atoms. The molecule has 0 N–H and O–H groups in total. The van der Waals surface area contributed by atoms with Crippen molar-refractivity contribution in [3.8, 4) is 10.6 Å². The van der Waals surface area contributed by atoms with E-state index in [1.807, 2.05) is 12.3 Å². The molecule has 3 aromatic rings. The van der Waals surface area contributed by atoms with Crippen LogP contribution in [0.4, 0.5) is 5.95 Å². The Bertz CT molecular complexity index is 835. The molecule has 2 aromatic heterocycles. The molecule has 4 heteroatoms. The summed E-state index contributed by atoms with van der Waals surface area (Å²) in [6, 6.07) is 13.2. The molecule has 0 amide bonds. The molecule has 24 heavy (non-hydrogen) atoms. The lowest BCUT2D eigenvalue weighted by Crippen LogP contribution is -2.53. The van der Waals surface area contributed by atoms with Crippen molar-refractivity contribution in [3.63, 3.8) is 0 Å². The Morgan fingerprint density at radius 1 is 1.21 bits per heavy atom. The van der Waals surface area contributed by atoms with Gasteiger partial charge in [-0.05, 0) is 63.6 Å². The van der Waals surface area contributed by atoms with E-state index in [4.69, 9.17) is 4.98 Å². The van der Waals surface area contributed by atoms with E-state index >= 15 is 0 Å². The fourth-order valence-electron chi connectivity index (χ4n) is 3.66. The number of aromatic nitrogens is 2. The first-order chi connectivity index (χ1) is 11.5. The van der Waals surface area contributed by atoms with Gasteiger partial charge in [-0.15, -0.1) is 11.3 Å². The minimum atomic E-state index is 0.0520. The number of nitrogens with zero attached hydrogens (tertiary/aromatic N) is 3. The van der Waals surface area contributed by atoms with E-state index in [0.29, 0.717) is 6.04 Å². The fourth-order valence-corrected chi connectivity index (χ4v) is 4.69. The van der Waals surface area contributed by atoms with E-state index in [2.05, 4.69) is 67.4 Å². The van der Waals surface area contributed by atoms with Crippen LogP contribution in [0.25, 0.3) is 20.7 Å². The summed E-state index contributed by atoms with van der Waals surface area (Å²) in [5.41, 5.74) is 1.06. The van der Waals surface area contributed by atoms with Crippen LogP contribution in [-0.2, 0) is 0 Å². The Balaban J connectivity index is 1.75. The number of hydrogen-bond donors (Lipinski definition) is 0. The third-order valence-corrected chi connectivity index (χ3v) is 5.92. The van der Waals surface area contributed by atoms with Gasteiger partial charge in [0.1, 0.15) is 0 Å². The number of anilines is 1. The van der Waals surface area contributed by atoms with Crippen molar-refractivity contribution >= 4 is 27.4 Å². The van der Waals surface area contributed by atoms with Crippen LogP contribution in [0.1, 0.15) is 33.6 Å². The lowest BCUT2D eigenvalue weighted by Gasteiger charge is -2.46. The molecular formula is C20H22N3S. The second-order valence-corrected chi connectivity index (χ2v) is 8.23. The molecule has 3 nitrogen and oxygen atoms in total. The maximum absolute atomic E-state index is 4.92. The van der Waals surface area contributed by atoms with Crippen LogP contribution in [-0.4, -0.2) is 21.5 Å². The van der Waals surface area contributed by atoms with Gasteiger partial charge in [0.25, 0.3) is 0 Å². The van der Waals surface area contributed by atoms with E-state index in [1.165, 1.54) is 15.0 Å². The van der Waals surface area contributed by atoms with Crippen molar-refractivity contribution in [1.82, 2.24) is 9.97 Å². The van der Waals surface area contributed by atoms with Gasteiger partial charge in [0.15, 0.2) is 0 Å². The van der Waals surface area contributed by atoms with Gasteiger partial charge >= 0.3 is 0 Å².